The molecular weight excluding hydrogens is 236 g/mol. The van der Waals surface area contributed by atoms with E-state index in [-0.39, 0.29) is 0 Å². The van der Waals surface area contributed by atoms with Crippen LogP contribution >= 0.6 is 11.6 Å². The van der Waals surface area contributed by atoms with E-state index in [4.69, 9.17) is 11.6 Å². The maximum absolute atomic E-state index is 6.23. The average Bonchev–Trinajstić information content (AvgIpc) is 2.71. The molecule has 0 aromatic carbocycles. The molecule has 2 rings (SSSR count). The summed E-state index contributed by atoms with van der Waals surface area (Å²) in [4.78, 5) is 11.0. The zero-order chi connectivity index (χ0) is 12.4. The molecule has 94 valence electrons. The van der Waals surface area contributed by atoms with E-state index in [1.165, 1.54) is 12.8 Å². The van der Waals surface area contributed by atoms with Gasteiger partial charge >= 0.3 is 0 Å². The maximum Gasteiger partial charge on any atom is 0.224 e. The summed E-state index contributed by atoms with van der Waals surface area (Å²) >= 11 is 6.23. The fourth-order valence-corrected chi connectivity index (χ4v) is 2.70. The molecule has 1 aliphatic heterocycles. The molecule has 0 radical (unpaired) electrons. The van der Waals surface area contributed by atoms with Gasteiger partial charge in [-0.3, -0.25) is 0 Å². The summed E-state index contributed by atoms with van der Waals surface area (Å²) in [6.07, 6.45) is 5.22. The van der Waals surface area contributed by atoms with E-state index in [0.29, 0.717) is 23.1 Å². The minimum atomic E-state index is 0.497. The molecule has 2 atom stereocenters. The lowest BCUT2D eigenvalue weighted by Gasteiger charge is -2.29. The minimum absolute atomic E-state index is 0.497. The molecule has 1 aromatic heterocycles. The molecule has 2 unspecified atom stereocenters. The van der Waals surface area contributed by atoms with Crippen molar-refractivity contribution in [2.24, 2.45) is 0 Å². The standard InChI is InChI=1S/C12H19ClN4/c1-4-9-6-5-8(2)17(9)11-10(13)7-15-12(14-3)16-11/h7-9H,4-6H2,1-3H3,(H,14,15,16). The smallest absolute Gasteiger partial charge is 0.224 e. The summed E-state index contributed by atoms with van der Waals surface area (Å²) in [6, 6.07) is 1.04. The molecule has 1 N–H and O–H groups in total. The number of halogens is 1. The number of nitrogens with one attached hydrogen (secondary N) is 1. The predicted molar refractivity (Wildman–Crippen MR) is 71.8 cm³/mol. The highest BCUT2D eigenvalue weighted by Crippen LogP contribution is 2.34. The molecule has 0 spiro atoms. The van der Waals surface area contributed by atoms with Gasteiger partial charge < -0.3 is 10.2 Å². The Balaban J connectivity index is 2.37. The molecule has 4 nitrogen and oxygen atoms in total. The number of rotatable bonds is 3. The molecule has 5 heteroatoms. The molecule has 1 aliphatic rings. The van der Waals surface area contributed by atoms with Gasteiger partial charge in [0.2, 0.25) is 5.95 Å². The second kappa shape index (κ2) is 5.08. The van der Waals surface area contributed by atoms with Crippen LogP contribution in [0.5, 0.6) is 0 Å². The number of hydrogen-bond donors (Lipinski definition) is 1. The average molecular weight is 255 g/mol. The van der Waals surface area contributed by atoms with Crippen LogP contribution in [-0.2, 0) is 0 Å². The van der Waals surface area contributed by atoms with Crippen LogP contribution in [0, 0.1) is 0 Å². The Bertz CT molecular complexity index is 396. The van der Waals surface area contributed by atoms with Crippen LogP contribution in [-0.4, -0.2) is 29.1 Å². The van der Waals surface area contributed by atoms with E-state index in [1.807, 2.05) is 7.05 Å². The third-order valence-electron chi connectivity index (χ3n) is 3.45. The van der Waals surface area contributed by atoms with E-state index >= 15 is 0 Å². The second-order valence-electron chi connectivity index (χ2n) is 4.51. The predicted octanol–water partition coefficient (Wildman–Crippen LogP) is 2.94. The Morgan fingerprint density at radius 2 is 2.29 bits per heavy atom. The number of nitrogens with zero attached hydrogens (tertiary/aromatic N) is 3. The quantitative estimate of drug-likeness (QED) is 0.901. The van der Waals surface area contributed by atoms with Crippen LogP contribution in [0.1, 0.15) is 33.1 Å². The molecule has 0 aliphatic carbocycles. The molecule has 1 saturated heterocycles. The first-order valence-electron chi connectivity index (χ1n) is 6.16. The van der Waals surface area contributed by atoms with Gasteiger partial charge in [0.25, 0.3) is 0 Å². The topological polar surface area (TPSA) is 41.1 Å². The highest BCUT2D eigenvalue weighted by atomic mass is 35.5. The Kier molecular flexibility index (Phi) is 3.72. The van der Waals surface area contributed by atoms with E-state index in [1.54, 1.807) is 6.20 Å². The van der Waals surface area contributed by atoms with Crippen molar-refractivity contribution < 1.29 is 0 Å². The Labute approximate surface area is 107 Å². The summed E-state index contributed by atoms with van der Waals surface area (Å²) in [7, 11) is 1.82. The van der Waals surface area contributed by atoms with Crippen molar-refractivity contribution in [2.75, 3.05) is 17.3 Å². The van der Waals surface area contributed by atoms with Crippen LogP contribution in [0.4, 0.5) is 11.8 Å². The van der Waals surface area contributed by atoms with Crippen molar-refractivity contribution in [1.29, 1.82) is 0 Å². The van der Waals surface area contributed by atoms with Crippen LogP contribution in [0.25, 0.3) is 0 Å². The summed E-state index contributed by atoms with van der Waals surface area (Å²) in [5.74, 6) is 1.49. The zero-order valence-corrected chi connectivity index (χ0v) is 11.3. The van der Waals surface area contributed by atoms with Gasteiger partial charge in [0.1, 0.15) is 5.02 Å². The van der Waals surface area contributed by atoms with Crippen molar-refractivity contribution in [3.63, 3.8) is 0 Å². The summed E-state index contributed by atoms with van der Waals surface area (Å²) in [6.45, 7) is 4.44. The number of aromatic nitrogens is 2. The molecule has 1 aromatic rings. The van der Waals surface area contributed by atoms with E-state index in [0.717, 1.165) is 12.2 Å². The number of anilines is 2. The van der Waals surface area contributed by atoms with Crippen molar-refractivity contribution in [3.8, 4) is 0 Å². The van der Waals surface area contributed by atoms with Gasteiger partial charge in [-0.15, -0.1) is 0 Å². The van der Waals surface area contributed by atoms with Crippen molar-refractivity contribution >= 4 is 23.4 Å². The summed E-state index contributed by atoms with van der Waals surface area (Å²) in [5.41, 5.74) is 0. The van der Waals surface area contributed by atoms with Gasteiger partial charge in [-0.25, -0.2) is 4.98 Å². The highest BCUT2D eigenvalue weighted by Gasteiger charge is 2.31. The van der Waals surface area contributed by atoms with Gasteiger partial charge in [0.05, 0.1) is 6.20 Å². The molecule has 2 heterocycles. The van der Waals surface area contributed by atoms with Crippen molar-refractivity contribution in [3.05, 3.63) is 11.2 Å². The van der Waals surface area contributed by atoms with Crippen LogP contribution in [0.3, 0.4) is 0 Å². The summed E-state index contributed by atoms with van der Waals surface area (Å²) in [5, 5.41) is 3.59. The Morgan fingerprint density at radius 1 is 1.53 bits per heavy atom. The van der Waals surface area contributed by atoms with Gasteiger partial charge in [-0.05, 0) is 26.2 Å². The monoisotopic (exact) mass is 254 g/mol. The molecule has 0 amide bonds. The van der Waals surface area contributed by atoms with Gasteiger partial charge in [0, 0.05) is 19.1 Å². The molecule has 1 fully saturated rings. The second-order valence-corrected chi connectivity index (χ2v) is 4.92. The van der Waals surface area contributed by atoms with Crippen molar-refractivity contribution in [1.82, 2.24) is 9.97 Å². The Hall–Kier alpha value is -1.03. The SMILES string of the molecule is CCC1CCC(C)N1c1nc(NC)ncc1Cl. The highest BCUT2D eigenvalue weighted by molar-refractivity contribution is 6.32. The first-order valence-corrected chi connectivity index (χ1v) is 6.53. The van der Waals surface area contributed by atoms with Gasteiger partial charge in [0.15, 0.2) is 5.82 Å². The lowest BCUT2D eigenvalue weighted by atomic mass is 10.1. The minimum Gasteiger partial charge on any atom is -0.357 e. The maximum atomic E-state index is 6.23. The van der Waals surface area contributed by atoms with Gasteiger partial charge in [-0.2, -0.15) is 4.98 Å². The molecule has 0 bridgehead atoms. The van der Waals surface area contributed by atoms with Gasteiger partial charge in [-0.1, -0.05) is 18.5 Å². The molecule has 17 heavy (non-hydrogen) atoms. The first-order chi connectivity index (χ1) is 8.17. The first kappa shape index (κ1) is 12.4. The zero-order valence-electron chi connectivity index (χ0n) is 10.6. The lowest BCUT2D eigenvalue weighted by Crippen LogP contribution is -2.35. The van der Waals surface area contributed by atoms with Crippen molar-refractivity contribution in [2.45, 2.75) is 45.2 Å². The fraction of sp³-hybridized carbons (Fsp3) is 0.667. The summed E-state index contributed by atoms with van der Waals surface area (Å²) < 4.78 is 0. The van der Waals surface area contributed by atoms with Crippen LogP contribution in [0.2, 0.25) is 5.02 Å². The van der Waals surface area contributed by atoms with E-state index in [2.05, 4.69) is 34.0 Å². The normalized spacial score (nSPS) is 24.1. The van der Waals surface area contributed by atoms with Crippen LogP contribution in [0.15, 0.2) is 6.20 Å². The van der Waals surface area contributed by atoms with E-state index in [9.17, 15) is 0 Å². The molecular formula is C12H19ClN4. The third-order valence-corrected chi connectivity index (χ3v) is 3.72. The fourth-order valence-electron chi connectivity index (χ4n) is 2.51. The number of hydrogen-bond acceptors (Lipinski definition) is 4. The third kappa shape index (κ3) is 2.32. The van der Waals surface area contributed by atoms with E-state index < -0.39 is 0 Å². The van der Waals surface area contributed by atoms with Crippen LogP contribution < -0.4 is 10.2 Å². The lowest BCUT2D eigenvalue weighted by molar-refractivity contribution is 0.621. The Morgan fingerprint density at radius 3 is 2.94 bits per heavy atom. The largest absolute Gasteiger partial charge is 0.357 e. The molecule has 0 saturated carbocycles.